The fourth-order valence-corrected chi connectivity index (χ4v) is 4.04. The zero-order chi connectivity index (χ0) is 23.2. The van der Waals surface area contributed by atoms with Crippen molar-refractivity contribution in [1.29, 1.82) is 0 Å². The van der Waals surface area contributed by atoms with E-state index in [-0.39, 0.29) is 38.9 Å². The Hall–Kier alpha value is -1.83. The predicted molar refractivity (Wildman–Crippen MR) is 104 cm³/mol. The number of rotatable bonds is 12. The molecule has 1 rings (SSSR count). The van der Waals surface area contributed by atoms with Gasteiger partial charge in [0.2, 0.25) is 0 Å². The summed E-state index contributed by atoms with van der Waals surface area (Å²) in [5.41, 5.74) is 0. The molecule has 1 aliphatic carbocycles. The second-order valence-electron chi connectivity index (χ2n) is 7.82. The van der Waals surface area contributed by atoms with Gasteiger partial charge in [-0.15, -0.1) is 0 Å². The lowest BCUT2D eigenvalue weighted by atomic mass is 9.77. The van der Waals surface area contributed by atoms with Gasteiger partial charge in [-0.2, -0.15) is 0 Å². The molecule has 6 N–H and O–H groups in total. The summed E-state index contributed by atoms with van der Waals surface area (Å²) >= 11 is 0. The van der Waals surface area contributed by atoms with Crippen LogP contribution in [0.2, 0.25) is 0 Å². The molecule has 1 aliphatic rings. The van der Waals surface area contributed by atoms with Crippen LogP contribution >= 0.6 is 0 Å². The molecule has 12 nitrogen and oxygen atoms in total. The van der Waals surface area contributed by atoms with E-state index < -0.39 is 54.3 Å². The van der Waals surface area contributed by atoms with Gasteiger partial charge < -0.3 is 30.6 Å². The van der Waals surface area contributed by atoms with Crippen LogP contribution in [-0.2, 0) is 14.4 Å². The maximum Gasteiger partial charge on any atom is 0.304 e. The molecule has 30 heavy (non-hydrogen) atoms. The largest absolute Gasteiger partial charge is 0.481 e. The van der Waals surface area contributed by atoms with Crippen molar-refractivity contribution in [2.24, 2.45) is 0 Å². The number of aliphatic hydroxyl groups is 3. The summed E-state index contributed by atoms with van der Waals surface area (Å²) in [4.78, 5) is 37.3. The average Bonchev–Trinajstić information content (AvgIpc) is 2.62. The van der Waals surface area contributed by atoms with Crippen LogP contribution < -0.4 is 0 Å². The van der Waals surface area contributed by atoms with Crippen LogP contribution in [0.4, 0.5) is 0 Å². The molecule has 0 saturated heterocycles. The Bertz CT molecular complexity index is 513. The molecule has 174 valence electrons. The van der Waals surface area contributed by atoms with E-state index in [0.29, 0.717) is 0 Å². The number of carbonyl (C=O) groups is 3. The first-order valence-corrected chi connectivity index (χ1v) is 9.68. The molecular weight excluding hydrogens is 402 g/mol. The highest BCUT2D eigenvalue weighted by atomic mass is 16.4. The standard InChI is InChI=1S/C18H33N3O9/c1-19(7-4-10(22)23)13-16(28)14(20(2)8-5-11(24)25)18(30)15(17(13)29)21(3)9-6-12(26)27/h13-18,28-30H,4-9H2,1-3H3,(H,22,23)(H,24,25)(H,26,27). The third-order valence-electron chi connectivity index (χ3n) is 5.66. The fraction of sp³-hybridized carbons (Fsp3) is 0.833. The molecule has 1 fully saturated rings. The Balaban J connectivity index is 3.18. The van der Waals surface area contributed by atoms with Crippen molar-refractivity contribution in [2.45, 2.75) is 55.7 Å². The second kappa shape index (κ2) is 11.5. The number of carboxylic acids is 3. The van der Waals surface area contributed by atoms with Crippen LogP contribution in [0.25, 0.3) is 0 Å². The van der Waals surface area contributed by atoms with Crippen molar-refractivity contribution >= 4 is 17.9 Å². The smallest absolute Gasteiger partial charge is 0.304 e. The van der Waals surface area contributed by atoms with Crippen LogP contribution in [0, 0.1) is 0 Å². The molecular formula is C18H33N3O9. The first-order valence-electron chi connectivity index (χ1n) is 9.68. The molecule has 0 atom stereocenters. The Kier molecular flexibility index (Phi) is 10.1. The number of nitrogens with zero attached hydrogens (tertiary/aromatic N) is 3. The van der Waals surface area contributed by atoms with Gasteiger partial charge in [0.15, 0.2) is 0 Å². The topological polar surface area (TPSA) is 182 Å². The van der Waals surface area contributed by atoms with E-state index in [2.05, 4.69) is 0 Å². The third-order valence-corrected chi connectivity index (χ3v) is 5.66. The van der Waals surface area contributed by atoms with E-state index in [4.69, 9.17) is 15.3 Å². The first-order chi connectivity index (χ1) is 13.9. The van der Waals surface area contributed by atoms with Gasteiger partial charge in [0.1, 0.15) is 0 Å². The number of hydrogen-bond donors (Lipinski definition) is 6. The van der Waals surface area contributed by atoms with Crippen LogP contribution in [0.3, 0.4) is 0 Å². The van der Waals surface area contributed by atoms with E-state index in [1.54, 1.807) is 21.1 Å². The van der Waals surface area contributed by atoms with Gasteiger partial charge in [-0.05, 0) is 21.1 Å². The Morgan fingerprint density at radius 3 is 0.933 bits per heavy atom. The van der Waals surface area contributed by atoms with Gasteiger partial charge in [-0.3, -0.25) is 29.1 Å². The minimum Gasteiger partial charge on any atom is -0.481 e. The lowest BCUT2D eigenvalue weighted by molar-refractivity contribution is -0.171. The summed E-state index contributed by atoms with van der Waals surface area (Å²) in [5.74, 6) is -3.15. The summed E-state index contributed by atoms with van der Waals surface area (Å²) in [5, 5.41) is 59.7. The van der Waals surface area contributed by atoms with E-state index in [0.717, 1.165) is 0 Å². The number of aliphatic carboxylic acids is 3. The van der Waals surface area contributed by atoms with Gasteiger partial charge in [0, 0.05) is 19.6 Å². The summed E-state index contributed by atoms with van der Waals surface area (Å²) < 4.78 is 0. The highest BCUT2D eigenvalue weighted by Gasteiger charge is 2.53. The average molecular weight is 435 g/mol. The maximum atomic E-state index is 10.9. The molecule has 12 heteroatoms. The van der Waals surface area contributed by atoms with Crippen LogP contribution in [-0.4, -0.2) is 140 Å². The van der Waals surface area contributed by atoms with Crippen LogP contribution in [0.5, 0.6) is 0 Å². The Morgan fingerprint density at radius 2 is 0.767 bits per heavy atom. The van der Waals surface area contributed by atoms with Crippen molar-refractivity contribution in [3.8, 4) is 0 Å². The van der Waals surface area contributed by atoms with Gasteiger partial charge in [0.25, 0.3) is 0 Å². The Morgan fingerprint density at radius 1 is 0.567 bits per heavy atom. The third kappa shape index (κ3) is 6.86. The van der Waals surface area contributed by atoms with Gasteiger partial charge in [-0.1, -0.05) is 0 Å². The maximum absolute atomic E-state index is 10.9. The van der Waals surface area contributed by atoms with E-state index in [9.17, 15) is 29.7 Å². The lowest BCUT2D eigenvalue weighted by Crippen LogP contribution is -2.73. The van der Waals surface area contributed by atoms with Crippen molar-refractivity contribution in [1.82, 2.24) is 14.7 Å². The zero-order valence-electron chi connectivity index (χ0n) is 17.5. The molecule has 1 saturated carbocycles. The molecule has 0 aliphatic heterocycles. The minimum absolute atomic E-state index is 0.0291. The monoisotopic (exact) mass is 435 g/mol. The predicted octanol–water partition coefficient (Wildman–Crippen LogP) is -2.59. The van der Waals surface area contributed by atoms with Crippen molar-refractivity contribution in [3.63, 3.8) is 0 Å². The molecule has 0 aromatic heterocycles. The Labute approximate surface area is 174 Å². The lowest BCUT2D eigenvalue weighted by Gasteiger charge is -2.53. The number of aliphatic hydroxyl groups excluding tert-OH is 3. The summed E-state index contributed by atoms with van der Waals surface area (Å²) in [7, 11) is 4.63. The minimum atomic E-state index is -1.31. The molecule has 0 heterocycles. The number of carboxylic acid groups (broad SMARTS) is 3. The highest BCUT2D eigenvalue weighted by molar-refractivity contribution is 5.67. The SMILES string of the molecule is CN(CCC(=O)O)C1C(O)C(N(C)CCC(=O)O)C(O)C(N(C)CCC(=O)O)C1O. The number of likely N-dealkylation sites (N-methyl/N-ethyl adjacent to an activating group) is 3. The normalized spacial score (nSPS) is 29.5. The van der Waals surface area contributed by atoms with E-state index in [1.165, 1.54) is 14.7 Å². The quantitative estimate of drug-likeness (QED) is 0.188. The molecule has 0 spiro atoms. The van der Waals surface area contributed by atoms with Gasteiger partial charge >= 0.3 is 17.9 Å². The fourth-order valence-electron chi connectivity index (χ4n) is 4.04. The van der Waals surface area contributed by atoms with Gasteiger partial charge in [-0.25, -0.2) is 0 Å². The van der Waals surface area contributed by atoms with Crippen LogP contribution in [0.15, 0.2) is 0 Å². The van der Waals surface area contributed by atoms with E-state index >= 15 is 0 Å². The molecule has 0 bridgehead atoms. The van der Waals surface area contributed by atoms with Crippen LogP contribution in [0.1, 0.15) is 19.3 Å². The van der Waals surface area contributed by atoms with Crippen molar-refractivity contribution in [3.05, 3.63) is 0 Å². The zero-order valence-corrected chi connectivity index (χ0v) is 17.5. The van der Waals surface area contributed by atoms with E-state index in [1.807, 2.05) is 0 Å². The number of hydrogen-bond acceptors (Lipinski definition) is 9. The molecule has 0 aromatic carbocycles. The van der Waals surface area contributed by atoms with Crippen molar-refractivity contribution in [2.75, 3.05) is 40.8 Å². The summed E-state index contributed by atoms with van der Waals surface area (Å²) in [6, 6.07) is -2.87. The first kappa shape index (κ1) is 26.2. The summed E-state index contributed by atoms with van der Waals surface area (Å²) in [6.07, 6.45) is -4.61. The highest BCUT2D eigenvalue weighted by Crippen LogP contribution is 2.30. The molecule has 0 unspecified atom stereocenters. The summed E-state index contributed by atoms with van der Waals surface area (Å²) in [6.45, 7) is 0.0873. The molecule has 0 aromatic rings. The van der Waals surface area contributed by atoms with Gasteiger partial charge in [0.05, 0.1) is 55.7 Å². The molecule has 0 radical (unpaired) electrons. The second-order valence-corrected chi connectivity index (χ2v) is 7.82. The van der Waals surface area contributed by atoms with Crippen molar-refractivity contribution < 1.29 is 45.0 Å². The molecule has 0 amide bonds.